The summed E-state index contributed by atoms with van der Waals surface area (Å²) < 4.78 is 6.02. The number of carbonyl (C=O) groups excluding carboxylic acids is 1. The highest BCUT2D eigenvalue weighted by Gasteiger charge is 2.22. The maximum Gasteiger partial charge on any atom is 0.241 e. The summed E-state index contributed by atoms with van der Waals surface area (Å²) in [6.07, 6.45) is 1.79. The molecule has 0 unspecified atom stereocenters. The van der Waals surface area contributed by atoms with Crippen LogP contribution < -0.4 is 10.1 Å². The van der Waals surface area contributed by atoms with E-state index in [4.69, 9.17) is 16.3 Å². The first-order valence-electron chi connectivity index (χ1n) is 7.58. The molecule has 0 aliphatic rings. The number of benzene rings is 1. The molecule has 0 radical (unpaired) electrons. The SMILES string of the molecule is C=CCN(Cc1ccc(Cl)s1)[C@@H](C)C(=O)Nc1ccccc1OC. The standard InChI is InChI=1S/C18H21ClN2O2S/c1-4-11-21(12-14-9-10-17(19)24-14)13(2)18(22)20-15-7-5-6-8-16(15)23-3/h4-10,13H,1,11-12H2,2-3H3,(H,20,22)/t13-/m0/s1. The van der Waals surface area contributed by atoms with Crippen LogP contribution in [0.5, 0.6) is 5.75 Å². The van der Waals surface area contributed by atoms with Gasteiger partial charge in [0.15, 0.2) is 0 Å². The second-order valence-corrected chi connectivity index (χ2v) is 7.09. The fraction of sp³-hybridized carbons (Fsp3) is 0.278. The third-order valence-electron chi connectivity index (χ3n) is 3.64. The number of para-hydroxylation sites is 2. The molecule has 1 aromatic heterocycles. The topological polar surface area (TPSA) is 41.6 Å². The molecule has 2 rings (SSSR count). The summed E-state index contributed by atoms with van der Waals surface area (Å²) in [4.78, 5) is 15.8. The van der Waals surface area contributed by atoms with Gasteiger partial charge < -0.3 is 10.1 Å². The van der Waals surface area contributed by atoms with E-state index in [9.17, 15) is 4.79 Å². The molecular weight excluding hydrogens is 344 g/mol. The average molecular weight is 365 g/mol. The van der Waals surface area contributed by atoms with Crippen molar-refractivity contribution in [1.29, 1.82) is 0 Å². The molecule has 2 aromatic rings. The lowest BCUT2D eigenvalue weighted by Crippen LogP contribution is -2.41. The van der Waals surface area contributed by atoms with Gasteiger partial charge in [-0.25, -0.2) is 0 Å². The van der Waals surface area contributed by atoms with Crippen molar-refractivity contribution in [2.75, 3.05) is 19.0 Å². The molecule has 128 valence electrons. The monoisotopic (exact) mass is 364 g/mol. The summed E-state index contributed by atoms with van der Waals surface area (Å²) in [6.45, 7) is 6.91. The van der Waals surface area contributed by atoms with E-state index in [-0.39, 0.29) is 11.9 Å². The first-order valence-corrected chi connectivity index (χ1v) is 8.77. The molecule has 0 spiro atoms. The van der Waals surface area contributed by atoms with Crippen LogP contribution in [0.1, 0.15) is 11.8 Å². The molecule has 1 atom stereocenters. The van der Waals surface area contributed by atoms with Crippen molar-refractivity contribution >= 4 is 34.5 Å². The molecule has 1 heterocycles. The Bertz CT molecular complexity index is 702. The zero-order valence-corrected chi connectivity index (χ0v) is 15.4. The minimum absolute atomic E-state index is 0.0935. The van der Waals surface area contributed by atoms with E-state index in [2.05, 4.69) is 11.9 Å². The van der Waals surface area contributed by atoms with Gasteiger partial charge in [0.05, 0.1) is 23.2 Å². The molecule has 0 aliphatic heterocycles. The molecule has 0 aliphatic carbocycles. The van der Waals surface area contributed by atoms with E-state index >= 15 is 0 Å². The van der Waals surface area contributed by atoms with Crippen LogP contribution in [0.15, 0.2) is 49.1 Å². The minimum Gasteiger partial charge on any atom is -0.495 e. The molecule has 1 aromatic carbocycles. The van der Waals surface area contributed by atoms with Gasteiger partial charge in [0.1, 0.15) is 5.75 Å². The van der Waals surface area contributed by atoms with E-state index in [1.165, 1.54) is 11.3 Å². The van der Waals surface area contributed by atoms with Crippen molar-refractivity contribution in [1.82, 2.24) is 4.90 Å². The number of ether oxygens (including phenoxy) is 1. The predicted molar refractivity (Wildman–Crippen MR) is 101 cm³/mol. The van der Waals surface area contributed by atoms with Crippen LogP contribution in [-0.2, 0) is 11.3 Å². The molecule has 1 N–H and O–H groups in total. The highest BCUT2D eigenvalue weighted by molar-refractivity contribution is 7.16. The van der Waals surface area contributed by atoms with Gasteiger partial charge in [-0.05, 0) is 31.2 Å². The third-order valence-corrected chi connectivity index (χ3v) is 4.86. The van der Waals surface area contributed by atoms with Gasteiger partial charge in [0, 0.05) is 18.0 Å². The van der Waals surface area contributed by atoms with Crippen LogP contribution in [0.25, 0.3) is 0 Å². The second kappa shape index (κ2) is 8.87. The first-order chi connectivity index (χ1) is 11.5. The fourth-order valence-corrected chi connectivity index (χ4v) is 3.43. The highest BCUT2D eigenvalue weighted by Crippen LogP contribution is 2.25. The van der Waals surface area contributed by atoms with Crippen LogP contribution in [0.3, 0.4) is 0 Å². The number of methoxy groups -OCH3 is 1. The summed E-state index contributed by atoms with van der Waals surface area (Å²) in [5.74, 6) is 0.544. The van der Waals surface area contributed by atoms with Crippen LogP contribution in [0.2, 0.25) is 4.34 Å². The van der Waals surface area contributed by atoms with Gasteiger partial charge in [-0.1, -0.05) is 29.8 Å². The van der Waals surface area contributed by atoms with Crippen LogP contribution in [0, 0.1) is 0 Å². The van der Waals surface area contributed by atoms with Crippen molar-refractivity contribution < 1.29 is 9.53 Å². The maximum absolute atomic E-state index is 12.6. The van der Waals surface area contributed by atoms with E-state index in [1.807, 2.05) is 48.2 Å². The zero-order valence-electron chi connectivity index (χ0n) is 13.8. The maximum atomic E-state index is 12.6. The lowest BCUT2D eigenvalue weighted by Gasteiger charge is -2.26. The Hall–Kier alpha value is -1.82. The average Bonchev–Trinajstić information content (AvgIpc) is 2.99. The van der Waals surface area contributed by atoms with Crippen molar-refractivity contribution in [3.8, 4) is 5.75 Å². The van der Waals surface area contributed by atoms with E-state index in [0.29, 0.717) is 24.5 Å². The number of nitrogens with zero attached hydrogens (tertiary/aromatic N) is 1. The molecular formula is C18H21ClN2O2S. The summed E-state index contributed by atoms with van der Waals surface area (Å²) >= 11 is 7.51. The normalized spacial score (nSPS) is 12.0. The van der Waals surface area contributed by atoms with Crippen LogP contribution in [-0.4, -0.2) is 30.5 Å². The summed E-state index contributed by atoms with van der Waals surface area (Å²) in [5.41, 5.74) is 0.662. The van der Waals surface area contributed by atoms with Gasteiger partial charge in [0.2, 0.25) is 5.91 Å². The van der Waals surface area contributed by atoms with Crippen molar-refractivity contribution in [3.05, 3.63) is 58.3 Å². The van der Waals surface area contributed by atoms with Crippen molar-refractivity contribution in [2.24, 2.45) is 0 Å². The number of amides is 1. The molecule has 0 saturated carbocycles. The first kappa shape index (κ1) is 18.5. The van der Waals surface area contributed by atoms with Gasteiger partial charge in [-0.15, -0.1) is 17.9 Å². The number of hydrogen-bond acceptors (Lipinski definition) is 4. The highest BCUT2D eigenvalue weighted by atomic mass is 35.5. The van der Waals surface area contributed by atoms with Gasteiger partial charge in [-0.2, -0.15) is 0 Å². The van der Waals surface area contributed by atoms with E-state index < -0.39 is 0 Å². The Morgan fingerprint density at radius 3 is 2.79 bits per heavy atom. The van der Waals surface area contributed by atoms with Crippen LogP contribution >= 0.6 is 22.9 Å². The number of halogens is 1. The van der Waals surface area contributed by atoms with Crippen molar-refractivity contribution in [3.63, 3.8) is 0 Å². The Morgan fingerprint density at radius 1 is 1.42 bits per heavy atom. The molecule has 1 amide bonds. The fourth-order valence-electron chi connectivity index (χ4n) is 2.31. The number of rotatable bonds is 8. The molecule has 4 nitrogen and oxygen atoms in total. The second-order valence-electron chi connectivity index (χ2n) is 5.29. The smallest absolute Gasteiger partial charge is 0.241 e. The largest absolute Gasteiger partial charge is 0.495 e. The Balaban J connectivity index is 2.08. The van der Waals surface area contributed by atoms with Crippen molar-refractivity contribution in [2.45, 2.75) is 19.5 Å². The number of carbonyl (C=O) groups is 1. The molecule has 6 heteroatoms. The van der Waals surface area contributed by atoms with Gasteiger partial charge in [0.25, 0.3) is 0 Å². The molecule has 0 fully saturated rings. The molecule has 0 bridgehead atoms. The summed E-state index contributed by atoms with van der Waals surface area (Å²) in [7, 11) is 1.58. The van der Waals surface area contributed by atoms with E-state index in [1.54, 1.807) is 13.2 Å². The lowest BCUT2D eigenvalue weighted by atomic mass is 10.2. The number of hydrogen-bond donors (Lipinski definition) is 1. The van der Waals surface area contributed by atoms with Crippen LogP contribution in [0.4, 0.5) is 5.69 Å². The number of thiophene rings is 1. The third kappa shape index (κ3) is 4.84. The van der Waals surface area contributed by atoms with Gasteiger partial charge in [-0.3, -0.25) is 9.69 Å². The number of anilines is 1. The summed E-state index contributed by atoms with van der Waals surface area (Å²) in [5, 5.41) is 2.93. The quantitative estimate of drug-likeness (QED) is 0.705. The molecule has 0 saturated heterocycles. The van der Waals surface area contributed by atoms with Gasteiger partial charge >= 0.3 is 0 Å². The summed E-state index contributed by atoms with van der Waals surface area (Å²) in [6, 6.07) is 10.9. The Kier molecular flexibility index (Phi) is 6.85. The lowest BCUT2D eigenvalue weighted by molar-refractivity contribution is -0.120. The Morgan fingerprint density at radius 2 is 2.17 bits per heavy atom. The predicted octanol–water partition coefficient (Wildman–Crippen LogP) is 4.43. The Labute approximate surface area is 151 Å². The number of nitrogens with one attached hydrogen (secondary N) is 1. The van der Waals surface area contributed by atoms with E-state index in [0.717, 1.165) is 9.21 Å². The minimum atomic E-state index is -0.325. The zero-order chi connectivity index (χ0) is 17.5. The molecule has 24 heavy (non-hydrogen) atoms.